The number of carbonyl (C=O) groups excluding carboxylic acids is 1. The molecule has 0 heterocycles. The Morgan fingerprint density at radius 1 is 1.04 bits per heavy atom. The number of halogens is 2. The molecule has 0 aliphatic rings. The van der Waals surface area contributed by atoms with Gasteiger partial charge in [-0.25, -0.2) is 8.78 Å². The van der Waals surface area contributed by atoms with E-state index in [-0.39, 0.29) is 11.8 Å². The van der Waals surface area contributed by atoms with E-state index in [2.05, 4.69) is 26.1 Å². The maximum Gasteiger partial charge on any atom is 0.224 e. The zero-order chi connectivity index (χ0) is 18.4. The minimum absolute atomic E-state index is 0.0819. The molecule has 0 saturated heterocycles. The lowest BCUT2D eigenvalue weighted by Gasteiger charge is -2.19. The summed E-state index contributed by atoms with van der Waals surface area (Å²) in [6.45, 7) is 6.77. The normalized spacial score (nSPS) is 11.2. The Morgan fingerprint density at radius 3 is 2.20 bits per heavy atom. The van der Waals surface area contributed by atoms with Crippen LogP contribution in [0.15, 0.2) is 42.5 Å². The molecule has 3 nitrogen and oxygen atoms in total. The summed E-state index contributed by atoms with van der Waals surface area (Å²) in [6.07, 6.45) is 0.566. The number of nitrogens with one attached hydrogen (secondary N) is 1. The van der Waals surface area contributed by atoms with Crippen LogP contribution in [-0.2, 0) is 10.2 Å². The molecule has 2 aromatic carbocycles. The Kier molecular flexibility index (Phi) is 6.12. The van der Waals surface area contributed by atoms with E-state index in [4.69, 9.17) is 4.74 Å². The van der Waals surface area contributed by atoms with E-state index in [0.717, 1.165) is 17.9 Å². The van der Waals surface area contributed by atoms with Crippen LogP contribution < -0.4 is 10.1 Å². The number of carbonyl (C=O) groups is 1. The number of rotatable bonds is 6. The van der Waals surface area contributed by atoms with Crippen LogP contribution in [-0.4, -0.2) is 12.5 Å². The van der Waals surface area contributed by atoms with E-state index in [1.807, 2.05) is 24.3 Å². The van der Waals surface area contributed by atoms with Gasteiger partial charge < -0.3 is 10.1 Å². The van der Waals surface area contributed by atoms with Gasteiger partial charge in [0, 0.05) is 6.42 Å². The quantitative estimate of drug-likeness (QED) is 0.742. The minimum Gasteiger partial charge on any atom is -0.494 e. The van der Waals surface area contributed by atoms with Crippen LogP contribution in [0.25, 0.3) is 0 Å². The second-order valence-electron chi connectivity index (χ2n) is 6.87. The van der Waals surface area contributed by atoms with E-state index < -0.39 is 23.2 Å². The molecule has 0 aliphatic heterocycles. The monoisotopic (exact) mass is 347 g/mol. The fourth-order valence-electron chi connectivity index (χ4n) is 2.29. The maximum absolute atomic E-state index is 13.5. The molecule has 0 bridgehead atoms. The molecule has 0 aromatic heterocycles. The topological polar surface area (TPSA) is 38.3 Å². The van der Waals surface area contributed by atoms with Gasteiger partial charge in [0.2, 0.25) is 5.91 Å². The van der Waals surface area contributed by atoms with Gasteiger partial charge in [-0.15, -0.1) is 0 Å². The zero-order valence-electron chi connectivity index (χ0n) is 14.7. The van der Waals surface area contributed by atoms with Gasteiger partial charge in [-0.1, -0.05) is 39.0 Å². The SMILES string of the molecule is CC(C)(C)c1ccc(OCCCC(=O)Nc2c(F)cccc2F)cc1. The lowest BCUT2D eigenvalue weighted by Crippen LogP contribution is -2.15. The molecular weight excluding hydrogens is 324 g/mol. The zero-order valence-corrected chi connectivity index (χ0v) is 14.7. The fraction of sp³-hybridized carbons (Fsp3) is 0.350. The lowest BCUT2D eigenvalue weighted by molar-refractivity contribution is -0.116. The standard InChI is InChI=1S/C20H23F2NO2/c1-20(2,3)14-9-11-15(12-10-14)25-13-5-8-18(24)23-19-16(21)6-4-7-17(19)22/h4,6-7,9-12H,5,8,13H2,1-3H3,(H,23,24). The first-order chi connectivity index (χ1) is 11.8. The molecule has 0 atom stereocenters. The van der Waals surface area contributed by atoms with Crippen molar-refractivity contribution in [3.63, 3.8) is 0 Å². The average molecular weight is 347 g/mol. The smallest absolute Gasteiger partial charge is 0.224 e. The van der Waals surface area contributed by atoms with E-state index >= 15 is 0 Å². The summed E-state index contributed by atoms with van der Waals surface area (Å²) in [6, 6.07) is 11.3. The highest BCUT2D eigenvalue weighted by atomic mass is 19.1. The van der Waals surface area contributed by atoms with Gasteiger partial charge in [-0.05, 0) is 41.7 Å². The van der Waals surface area contributed by atoms with Crippen molar-refractivity contribution in [3.8, 4) is 5.75 Å². The molecule has 2 rings (SSSR count). The number of hydrogen-bond donors (Lipinski definition) is 1. The fourth-order valence-corrected chi connectivity index (χ4v) is 2.29. The molecule has 0 radical (unpaired) electrons. The van der Waals surface area contributed by atoms with Gasteiger partial charge in [-0.2, -0.15) is 0 Å². The lowest BCUT2D eigenvalue weighted by atomic mass is 9.87. The van der Waals surface area contributed by atoms with Crippen LogP contribution in [0.4, 0.5) is 14.5 Å². The van der Waals surface area contributed by atoms with Crippen molar-refractivity contribution in [3.05, 3.63) is 59.7 Å². The number of benzene rings is 2. The predicted octanol–water partition coefficient (Wildman–Crippen LogP) is 5.06. The summed E-state index contributed by atoms with van der Waals surface area (Å²) in [4.78, 5) is 11.8. The molecule has 0 unspecified atom stereocenters. The first-order valence-electron chi connectivity index (χ1n) is 8.24. The maximum atomic E-state index is 13.5. The number of hydrogen-bond acceptors (Lipinski definition) is 2. The number of para-hydroxylation sites is 1. The second-order valence-corrected chi connectivity index (χ2v) is 6.87. The first-order valence-corrected chi connectivity index (χ1v) is 8.24. The van der Waals surface area contributed by atoms with Crippen LogP contribution in [0, 0.1) is 11.6 Å². The van der Waals surface area contributed by atoms with Crippen LogP contribution in [0.2, 0.25) is 0 Å². The van der Waals surface area contributed by atoms with Gasteiger partial charge in [0.1, 0.15) is 23.1 Å². The largest absolute Gasteiger partial charge is 0.494 e. The van der Waals surface area contributed by atoms with Gasteiger partial charge in [0.05, 0.1) is 6.61 Å². The minimum atomic E-state index is -0.788. The number of ether oxygens (including phenoxy) is 1. The highest BCUT2D eigenvalue weighted by Gasteiger charge is 2.13. The Labute approximate surface area is 147 Å². The van der Waals surface area contributed by atoms with Crippen molar-refractivity contribution in [1.82, 2.24) is 0 Å². The third-order valence-corrected chi connectivity index (χ3v) is 3.76. The van der Waals surface area contributed by atoms with Gasteiger partial charge >= 0.3 is 0 Å². The Balaban J connectivity index is 1.76. The molecule has 25 heavy (non-hydrogen) atoms. The van der Waals surface area contributed by atoms with Crippen LogP contribution in [0.5, 0.6) is 5.75 Å². The molecule has 0 saturated carbocycles. The van der Waals surface area contributed by atoms with E-state index in [9.17, 15) is 13.6 Å². The number of amides is 1. The molecule has 5 heteroatoms. The van der Waals surface area contributed by atoms with Gasteiger partial charge in [-0.3, -0.25) is 4.79 Å². The van der Waals surface area contributed by atoms with Crippen LogP contribution >= 0.6 is 0 Å². The molecule has 0 spiro atoms. The van der Waals surface area contributed by atoms with Gasteiger partial charge in [0.15, 0.2) is 0 Å². The summed E-state index contributed by atoms with van der Waals surface area (Å²) < 4.78 is 32.5. The Hall–Kier alpha value is -2.43. The number of anilines is 1. The van der Waals surface area contributed by atoms with Crippen molar-refractivity contribution in [2.24, 2.45) is 0 Å². The summed E-state index contributed by atoms with van der Waals surface area (Å²) >= 11 is 0. The Morgan fingerprint density at radius 2 is 1.64 bits per heavy atom. The summed E-state index contributed by atoms with van der Waals surface area (Å²) in [5.74, 6) is -1.30. The molecule has 0 fully saturated rings. The van der Waals surface area contributed by atoms with Crippen molar-refractivity contribution >= 4 is 11.6 Å². The van der Waals surface area contributed by atoms with Crippen molar-refractivity contribution in [2.75, 3.05) is 11.9 Å². The van der Waals surface area contributed by atoms with E-state index in [0.29, 0.717) is 13.0 Å². The molecule has 2 aromatic rings. The van der Waals surface area contributed by atoms with E-state index in [1.165, 1.54) is 11.6 Å². The molecule has 1 N–H and O–H groups in total. The third-order valence-electron chi connectivity index (χ3n) is 3.76. The molecule has 1 amide bonds. The predicted molar refractivity (Wildman–Crippen MR) is 94.9 cm³/mol. The summed E-state index contributed by atoms with van der Waals surface area (Å²) in [5.41, 5.74) is 0.885. The second kappa shape index (κ2) is 8.10. The summed E-state index contributed by atoms with van der Waals surface area (Å²) in [7, 11) is 0. The van der Waals surface area contributed by atoms with Crippen LogP contribution in [0.1, 0.15) is 39.2 Å². The van der Waals surface area contributed by atoms with Crippen molar-refractivity contribution in [2.45, 2.75) is 39.0 Å². The first kappa shape index (κ1) is 18.9. The van der Waals surface area contributed by atoms with Crippen molar-refractivity contribution < 1.29 is 18.3 Å². The van der Waals surface area contributed by atoms with Crippen LogP contribution in [0.3, 0.4) is 0 Å². The summed E-state index contributed by atoms with van der Waals surface area (Å²) in [5, 5.41) is 2.26. The highest BCUT2D eigenvalue weighted by Crippen LogP contribution is 2.24. The molecule has 134 valence electrons. The van der Waals surface area contributed by atoms with Gasteiger partial charge in [0.25, 0.3) is 0 Å². The Bertz CT molecular complexity index is 701. The molecule has 0 aliphatic carbocycles. The average Bonchev–Trinajstić information content (AvgIpc) is 2.55. The van der Waals surface area contributed by atoms with E-state index in [1.54, 1.807) is 0 Å². The van der Waals surface area contributed by atoms with Crippen molar-refractivity contribution in [1.29, 1.82) is 0 Å². The third kappa shape index (κ3) is 5.55. The molecular formula is C20H23F2NO2. The highest BCUT2D eigenvalue weighted by molar-refractivity contribution is 5.90.